The minimum absolute atomic E-state index is 0.350. The largest absolute Gasteiger partial charge is 0.380 e. The van der Waals surface area contributed by atoms with E-state index >= 15 is 0 Å². The van der Waals surface area contributed by atoms with Gasteiger partial charge in [-0.05, 0) is 18.6 Å². The van der Waals surface area contributed by atoms with Crippen molar-refractivity contribution in [1.29, 1.82) is 5.26 Å². The summed E-state index contributed by atoms with van der Waals surface area (Å²) in [5.41, 5.74) is 9.30. The quantitative estimate of drug-likeness (QED) is 0.620. The molecule has 1 aromatic carbocycles. The summed E-state index contributed by atoms with van der Waals surface area (Å²) in [6.07, 6.45) is 3.35. The molecule has 136 valence electrons. The number of aryl methyl sites for hydroxylation is 2. The van der Waals surface area contributed by atoms with Gasteiger partial charge in [0.2, 0.25) is 5.91 Å². The molecular weight excluding hydrogens is 342 g/mol. The molecule has 8 nitrogen and oxygen atoms in total. The van der Waals surface area contributed by atoms with E-state index < -0.39 is 5.91 Å². The standard InChI is InChI=1S/C19H19N7O/c1-12-17(11-26(2)25-12)24-18-7-16(14(8-20)10-23-18)22-9-13-5-3-4-6-15(13)19(21)27/h3-7,10-11H,9H2,1-2H3,(H2,21,27)(H2,22,23,24). The van der Waals surface area contributed by atoms with Crippen LogP contribution in [0, 0.1) is 18.3 Å². The average Bonchev–Trinajstić information content (AvgIpc) is 2.97. The molecule has 0 saturated heterocycles. The zero-order chi connectivity index (χ0) is 19.4. The van der Waals surface area contributed by atoms with Crippen LogP contribution in [0.1, 0.15) is 27.2 Å². The van der Waals surface area contributed by atoms with Gasteiger partial charge >= 0.3 is 0 Å². The number of nitrogens with two attached hydrogens (primary N) is 1. The number of nitriles is 1. The third-order valence-electron chi connectivity index (χ3n) is 4.05. The minimum atomic E-state index is -0.489. The molecule has 0 aliphatic heterocycles. The summed E-state index contributed by atoms with van der Waals surface area (Å²) in [6.45, 7) is 2.25. The molecule has 1 amide bonds. The smallest absolute Gasteiger partial charge is 0.249 e. The van der Waals surface area contributed by atoms with Crippen LogP contribution in [0.5, 0.6) is 0 Å². The molecule has 0 radical (unpaired) electrons. The number of primary amides is 1. The third kappa shape index (κ3) is 4.04. The van der Waals surface area contributed by atoms with Crippen molar-refractivity contribution in [2.24, 2.45) is 12.8 Å². The lowest BCUT2D eigenvalue weighted by Gasteiger charge is -2.12. The molecule has 0 aliphatic rings. The zero-order valence-electron chi connectivity index (χ0n) is 15.0. The van der Waals surface area contributed by atoms with E-state index in [1.807, 2.05) is 32.3 Å². The molecule has 4 N–H and O–H groups in total. The van der Waals surface area contributed by atoms with Crippen LogP contribution in [0.4, 0.5) is 17.2 Å². The lowest BCUT2D eigenvalue weighted by Crippen LogP contribution is -2.15. The highest BCUT2D eigenvalue weighted by atomic mass is 16.1. The molecular formula is C19H19N7O. The van der Waals surface area contributed by atoms with Gasteiger partial charge in [-0.2, -0.15) is 10.4 Å². The number of pyridine rings is 1. The summed E-state index contributed by atoms with van der Waals surface area (Å²) in [4.78, 5) is 15.8. The van der Waals surface area contributed by atoms with E-state index in [1.54, 1.807) is 22.9 Å². The van der Waals surface area contributed by atoms with E-state index in [0.29, 0.717) is 29.2 Å². The van der Waals surface area contributed by atoms with Crippen LogP contribution in [0.25, 0.3) is 0 Å². The van der Waals surface area contributed by atoms with Crippen molar-refractivity contribution in [3.8, 4) is 6.07 Å². The van der Waals surface area contributed by atoms with E-state index in [-0.39, 0.29) is 0 Å². The van der Waals surface area contributed by atoms with Crippen LogP contribution in [0.15, 0.2) is 42.7 Å². The van der Waals surface area contributed by atoms with Crippen molar-refractivity contribution in [1.82, 2.24) is 14.8 Å². The van der Waals surface area contributed by atoms with Gasteiger partial charge in [0, 0.05) is 37.6 Å². The SMILES string of the molecule is Cc1nn(C)cc1Nc1cc(NCc2ccccc2C(N)=O)c(C#N)cn1. The summed E-state index contributed by atoms with van der Waals surface area (Å²) in [7, 11) is 1.84. The molecule has 8 heteroatoms. The van der Waals surface area contributed by atoms with Crippen LogP contribution < -0.4 is 16.4 Å². The maximum absolute atomic E-state index is 11.6. The maximum atomic E-state index is 11.6. The van der Waals surface area contributed by atoms with E-state index in [9.17, 15) is 10.1 Å². The van der Waals surface area contributed by atoms with Crippen LogP contribution in [0.3, 0.4) is 0 Å². The van der Waals surface area contributed by atoms with Crippen molar-refractivity contribution in [2.75, 3.05) is 10.6 Å². The number of nitrogens with zero attached hydrogens (tertiary/aromatic N) is 4. The van der Waals surface area contributed by atoms with E-state index in [4.69, 9.17) is 5.73 Å². The van der Waals surface area contributed by atoms with Crippen LogP contribution >= 0.6 is 0 Å². The topological polar surface area (TPSA) is 122 Å². The monoisotopic (exact) mass is 361 g/mol. The first-order valence-corrected chi connectivity index (χ1v) is 8.27. The number of hydrogen-bond acceptors (Lipinski definition) is 6. The summed E-state index contributed by atoms with van der Waals surface area (Å²) >= 11 is 0. The molecule has 3 rings (SSSR count). The number of carbonyl (C=O) groups is 1. The predicted octanol–water partition coefficient (Wildman–Crippen LogP) is 2.45. The van der Waals surface area contributed by atoms with Crippen LogP contribution in [-0.4, -0.2) is 20.7 Å². The zero-order valence-corrected chi connectivity index (χ0v) is 15.0. The van der Waals surface area contributed by atoms with E-state index in [1.165, 1.54) is 6.20 Å². The Morgan fingerprint density at radius 3 is 2.78 bits per heavy atom. The Morgan fingerprint density at radius 1 is 1.33 bits per heavy atom. The van der Waals surface area contributed by atoms with Gasteiger partial charge in [0.25, 0.3) is 0 Å². The first-order valence-electron chi connectivity index (χ1n) is 8.27. The Balaban J connectivity index is 1.83. The summed E-state index contributed by atoms with van der Waals surface area (Å²) in [5.74, 6) is 0.0906. The van der Waals surface area contributed by atoms with Gasteiger partial charge in [0.15, 0.2) is 0 Å². The third-order valence-corrected chi connectivity index (χ3v) is 4.05. The first-order chi connectivity index (χ1) is 13.0. The number of nitrogens with one attached hydrogen (secondary N) is 2. The van der Waals surface area contributed by atoms with Gasteiger partial charge in [-0.15, -0.1) is 0 Å². The lowest BCUT2D eigenvalue weighted by atomic mass is 10.1. The second kappa shape index (κ2) is 7.58. The van der Waals surface area contributed by atoms with E-state index in [2.05, 4.69) is 26.8 Å². The molecule has 0 unspecified atom stereocenters. The number of carbonyl (C=O) groups excluding carboxylic acids is 1. The maximum Gasteiger partial charge on any atom is 0.249 e. The van der Waals surface area contributed by atoms with Gasteiger partial charge in [-0.25, -0.2) is 4.98 Å². The highest BCUT2D eigenvalue weighted by Crippen LogP contribution is 2.23. The average molecular weight is 361 g/mol. The predicted molar refractivity (Wildman–Crippen MR) is 102 cm³/mol. The lowest BCUT2D eigenvalue weighted by molar-refractivity contribution is 0.0999. The van der Waals surface area contributed by atoms with E-state index in [0.717, 1.165) is 16.9 Å². The van der Waals surface area contributed by atoms with Crippen molar-refractivity contribution < 1.29 is 4.79 Å². The fraction of sp³-hybridized carbons (Fsp3) is 0.158. The van der Waals surface area contributed by atoms with Crippen molar-refractivity contribution in [2.45, 2.75) is 13.5 Å². The van der Waals surface area contributed by atoms with Gasteiger partial charge < -0.3 is 16.4 Å². The van der Waals surface area contributed by atoms with Gasteiger partial charge in [0.05, 0.1) is 22.6 Å². The van der Waals surface area contributed by atoms with Crippen LogP contribution in [-0.2, 0) is 13.6 Å². The second-order valence-electron chi connectivity index (χ2n) is 6.03. The fourth-order valence-corrected chi connectivity index (χ4v) is 2.72. The number of hydrogen-bond donors (Lipinski definition) is 3. The highest BCUT2D eigenvalue weighted by Gasteiger charge is 2.10. The minimum Gasteiger partial charge on any atom is -0.380 e. The number of amides is 1. The van der Waals surface area contributed by atoms with Crippen molar-refractivity contribution >= 4 is 23.1 Å². The first kappa shape index (κ1) is 17.9. The van der Waals surface area contributed by atoms with Gasteiger partial charge in [0.1, 0.15) is 11.9 Å². The molecule has 0 atom stereocenters. The summed E-state index contributed by atoms with van der Waals surface area (Å²) in [6, 6.07) is 10.9. The van der Waals surface area contributed by atoms with Crippen molar-refractivity contribution in [3.05, 3.63) is 65.1 Å². The highest BCUT2D eigenvalue weighted by molar-refractivity contribution is 5.94. The fourth-order valence-electron chi connectivity index (χ4n) is 2.72. The molecule has 0 spiro atoms. The Labute approximate surface area is 156 Å². The van der Waals surface area contributed by atoms with Crippen molar-refractivity contribution in [3.63, 3.8) is 0 Å². The molecule has 2 aromatic heterocycles. The summed E-state index contributed by atoms with van der Waals surface area (Å²) < 4.78 is 1.71. The molecule has 0 aliphatic carbocycles. The molecule has 2 heterocycles. The Bertz CT molecular complexity index is 1030. The Morgan fingerprint density at radius 2 is 2.11 bits per heavy atom. The van der Waals surface area contributed by atoms with Gasteiger partial charge in [-0.3, -0.25) is 9.48 Å². The molecule has 0 fully saturated rings. The normalized spacial score (nSPS) is 10.3. The Kier molecular flexibility index (Phi) is 5.04. The molecule has 27 heavy (non-hydrogen) atoms. The second-order valence-corrected chi connectivity index (χ2v) is 6.03. The molecule has 3 aromatic rings. The molecule has 0 saturated carbocycles. The number of aromatic nitrogens is 3. The van der Waals surface area contributed by atoms with Gasteiger partial charge in [-0.1, -0.05) is 18.2 Å². The number of rotatable bonds is 6. The van der Waals surface area contributed by atoms with Crippen LogP contribution in [0.2, 0.25) is 0 Å². The summed E-state index contributed by atoms with van der Waals surface area (Å²) in [5, 5.41) is 20.0. The molecule has 0 bridgehead atoms. The Hall–Kier alpha value is -3.86. The number of benzene rings is 1. The number of anilines is 3.